The maximum absolute atomic E-state index is 13.9. The predicted molar refractivity (Wildman–Crippen MR) is 96.0 cm³/mol. The van der Waals surface area contributed by atoms with Crippen LogP contribution < -0.4 is 4.74 Å². The number of aliphatic hydroxyl groups excluding tert-OH is 1. The van der Waals surface area contributed by atoms with Gasteiger partial charge in [0.25, 0.3) is 0 Å². The second-order valence-electron chi connectivity index (χ2n) is 6.03. The fourth-order valence-corrected chi connectivity index (χ4v) is 3.05. The molecule has 0 bridgehead atoms. The van der Waals surface area contributed by atoms with Crippen molar-refractivity contribution in [3.05, 3.63) is 71.7 Å². The van der Waals surface area contributed by atoms with Gasteiger partial charge in [-0.05, 0) is 48.5 Å². The Hall–Kier alpha value is -2.50. The van der Waals surface area contributed by atoms with Gasteiger partial charge in [-0.25, -0.2) is 4.39 Å². The van der Waals surface area contributed by atoms with E-state index in [1.165, 1.54) is 12.1 Å². The monoisotopic (exact) mass is 340 g/mol. The Balaban J connectivity index is 1.88. The number of fused-ring (bicyclic) bond motifs is 1. The minimum atomic E-state index is -0.283. The van der Waals surface area contributed by atoms with Crippen LogP contribution in [0.15, 0.2) is 54.7 Å². The summed E-state index contributed by atoms with van der Waals surface area (Å²) in [5.74, 6) is 0.484. The third kappa shape index (κ3) is 3.78. The van der Waals surface area contributed by atoms with Gasteiger partial charge < -0.3 is 9.84 Å². The highest BCUT2D eigenvalue weighted by Crippen LogP contribution is 2.26. The first-order valence-corrected chi connectivity index (χ1v) is 8.10. The number of benzene rings is 2. The fraction of sp³-hybridized carbons (Fsp3) is 0.250. The Morgan fingerprint density at radius 1 is 1.20 bits per heavy atom. The first-order chi connectivity index (χ1) is 12.1. The number of hydrogen-bond acceptors (Lipinski definition) is 4. The van der Waals surface area contributed by atoms with Crippen molar-refractivity contribution in [2.24, 2.45) is 0 Å². The normalized spacial score (nSPS) is 12.5. The van der Waals surface area contributed by atoms with Crippen molar-refractivity contribution in [1.29, 1.82) is 0 Å². The molecule has 3 rings (SSSR count). The third-order valence-corrected chi connectivity index (χ3v) is 4.37. The van der Waals surface area contributed by atoms with Crippen LogP contribution >= 0.6 is 0 Å². The first-order valence-electron chi connectivity index (χ1n) is 8.10. The number of pyridine rings is 1. The Labute approximate surface area is 146 Å². The second kappa shape index (κ2) is 7.59. The van der Waals surface area contributed by atoms with Crippen LogP contribution in [0.1, 0.15) is 17.2 Å². The standard InChI is InChI=1S/C20H21FN2O2/c1-23(19(13-24)14-5-7-18(25-2)8-6-14)12-16-11-17(21)10-15-4-3-9-22-20(15)16/h3-11,19,24H,12-13H2,1-2H3/t19-/m0/s1. The number of methoxy groups -OCH3 is 1. The molecule has 1 aromatic heterocycles. The number of halogens is 1. The summed E-state index contributed by atoms with van der Waals surface area (Å²) in [7, 11) is 3.53. The molecule has 1 N–H and O–H groups in total. The molecule has 3 aromatic rings. The predicted octanol–water partition coefficient (Wildman–Crippen LogP) is 3.55. The van der Waals surface area contributed by atoms with Crippen LogP contribution in [-0.2, 0) is 6.54 Å². The van der Waals surface area contributed by atoms with Crippen LogP contribution in [0.4, 0.5) is 4.39 Å². The fourth-order valence-electron chi connectivity index (χ4n) is 3.05. The van der Waals surface area contributed by atoms with E-state index in [-0.39, 0.29) is 18.5 Å². The molecule has 0 radical (unpaired) electrons. The molecule has 0 aliphatic carbocycles. The van der Waals surface area contributed by atoms with Crippen LogP contribution in [-0.4, -0.2) is 35.8 Å². The molecular formula is C20H21FN2O2. The lowest BCUT2D eigenvalue weighted by Crippen LogP contribution is -2.27. The van der Waals surface area contributed by atoms with Gasteiger partial charge in [-0.1, -0.05) is 18.2 Å². The highest BCUT2D eigenvalue weighted by Gasteiger charge is 2.18. The van der Waals surface area contributed by atoms with Crippen molar-refractivity contribution in [3.63, 3.8) is 0 Å². The van der Waals surface area contributed by atoms with Crippen LogP contribution in [0.5, 0.6) is 5.75 Å². The molecule has 25 heavy (non-hydrogen) atoms. The van der Waals surface area contributed by atoms with E-state index in [0.717, 1.165) is 27.8 Å². The molecule has 2 aromatic carbocycles. The molecule has 1 heterocycles. The Kier molecular flexibility index (Phi) is 5.26. The van der Waals surface area contributed by atoms with Gasteiger partial charge in [0, 0.05) is 18.1 Å². The summed E-state index contributed by atoms with van der Waals surface area (Å²) in [6.45, 7) is 0.437. The SMILES string of the molecule is COc1ccc([C@H](CO)N(C)Cc2cc(F)cc3cccnc23)cc1. The zero-order valence-corrected chi connectivity index (χ0v) is 14.3. The number of rotatable bonds is 6. The molecule has 0 saturated carbocycles. The summed E-state index contributed by atoms with van der Waals surface area (Å²) >= 11 is 0. The van der Waals surface area contributed by atoms with Gasteiger partial charge in [-0.3, -0.25) is 9.88 Å². The van der Waals surface area contributed by atoms with Crippen molar-refractivity contribution >= 4 is 10.9 Å². The molecular weight excluding hydrogens is 319 g/mol. The quantitative estimate of drug-likeness (QED) is 0.745. The number of hydrogen-bond donors (Lipinski definition) is 1. The van der Waals surface area contributed by atoms with Gasteiger partial charge in [-0.2, -0.15) is 0 Å². The van der Waals surface area contributed by atoms with E-state index in [1.807, 2.05) is 42.3 Å². The molecule has 0 amide bonds. The van der Waals surface area contributed by atoms with Crippen molar-refractivity contribution in [2.75, 3.05) is 20.8 Å². The average Bonchev–Trinajstić information content (AvgIpc) is 2.62. The number of nitrogens with zero attached hydrogens (tertiary/aromatic N) is 2. The number of aromatic nitrogens is 1. The Morgan fingerprint density at radius 3 is 2.64 bits per heavy atom. The van der Waals surface area contributed by atoms with Gasteiger partial charge in [0.15, 0.2) is 0 Å². The molecule has 0 spiro atoms. The maximum Gasteiger partial charge on any atom is 0.124 e. The summed E-state index contributed by atoms with van der Waals surface area (Å²) in [5.41, 5.74) is 2.55. The maximum atomic E-state index is 13.9. The van der Waals surface area contributed by atoms with E-state index in [4.69, 9.17) is 4.74 Å². The summed E-state index contributed by atoms with van der Waals surface area (Å²) in [5, 5.41) is 10.6. The lowest BCUT2D eigenvalue weighted by molar-refractivity contribution is 0.142. The molecule has 0 aliphatic rings. The number of likely N-dealkylation sites (N-methyl/N-ethyl adjacent to an activating group) is 1. The topological polar surface area (TPSA) is 45.6 Å². The van der Waals surface area contributed by atoms with E-state index in [9.17, 15) is 9.50 Å². The van der Waals surface area contributed by atoms with E-state index in [0.29, 0.717) is 6.54 Å². The average molecular weight is 340 g/mol. The summed E-state index contributed by atoms with van der Waals surface area (Å²) in [4.78, 5) is 6.37. The largest absolute Gasteiger partial charge is 0.497 e. The Bertz CT molecular complexity index is 852. The molecule has 0 aliphatic heterocycles. The molecule has 4 nitrogen and oxygen atoms in total. The minimum absolute atomic E-state index is 0.0382. The Morgan fingerprint density at radius 2 is 1.96 bits per heavy atom. The van der Waals surface area contributed by atoms with Crippen LogP contribution in [0.2, 0.25) is 0 Å². The van der Waals surface area contributed by atoms with Crippen molar-refractivity contribution in [3.8, 4) is 5.75 Å². The number of ether oxygens (including phenoxy) is 1. The van der Waals surface area contributed by atoms with Gasteiger partial charge >= 0.3 is 0 Å². The minimum Gasteiger partial charge on any atom is -0.497 e. The summed E-state index contributed by atoms with van der Waals surface area (Å²) in [6.07, 6.45) is 1.71. The molecule has 0 unspecified atom stereocenters. The van der Waals surface area contributed by atoms with Crippen LogP contribution in [0, 0.1) is 5.82 Å². The lowest BCUT2D eigenvalue weighted by atomic mass is 10.0. The first kappa shape index (κ1) is 17.3. The third-order valence-electron chi connectivity index (χ3n) is 4.37. The van der Waals surface area contributed by atoms with Gasteiger partial charge in [0.2, 0.25) is 0 Å². The van der Waals surface area contributed by atoms with E-state index < -0.39 is 0 Å². The zero-order valence-electron chi connectivity index (χ0n) is 14.3. The molecule has 0 fully saturated rings. The zero-order chi connectivity index (χ0) is 17.8. The summed E-state index contributed by atoms with van der Waals surface area (Å²) < 4.78 is 19.1. The van der Waals surface area contributed by atoms with Crippen LogP contribution in [0.25, 0.3) is 10.9 Å². The van der Waals surface area contributed by atoms with Gasteiger partial charge in [-0.15, -0.1) is 0 Å². The number of aliphatic hydroxyl groups is 1. The van der Waals surface area contributed by atoms with E-state index in [2.05, 4.69) is 4.98 Å². The lowest BCUT2D eigenvalue weighted by Gasteiger charge is -2.27. The molecule has 5 heteroatoms. The second-order valence-corrected chi connectivity index (χ2v) is 6.03. The summed E-state index contributed by atoms with van der Waals surface area (Å²) in [6, 6.07) is 14.0. The van der Waals surface area contributed by atoms with Gasteiger partial charge in [0.05, 0.1) is 25.3 Å². The van der Waals surface area contributed by atoms with Crippen LogP contribution in [0.3, 0.4) is 0 Å². The molecule has 1 atom stereocenters. The molecule has 130 valence electrons. The van der Waals surface area contributed by atoms with Crippen molar-refractivity contribution < 1.29 is 14.2 Å². The van der Waals surface area contributed by atoms with Crippen molar-refractivity contribution in [1.82, 2.24) is 9.88 Å². The highest BCUT2D eigenvalue weighted by atomic mass is 19.1. The molecule has 0 saturated heterocycles. The van der Waals surface area contributed by atoms with Crippen molar-refractivity contribution in [2.45, 2.75) is 12.6 Å². The van der Waals surface area contributed by atoms with E-state index >= 15 is 0 Å². The highest BCUT2D eigenvalue weighted by molar-refractivity contribution is 5.81. The van der Waals surface area contributed by atoms with Gasteiger partial charge in [0.1, 0.15) is 11.6 Å². The smallest absolute Gasteiger partial charge is 0.124 e. The van der Waals surface area contributed by atoms with E-state index in [1.54, 1.807) is 19.4 Å².